The lowest BCUT2D eigenvalue weighted by Crippen LogP contribution is -2.09. The molecule has 0 amide bonds. The highest BCUT2D eigenvalue weighted by molar-refractivity contribution is 7.14. The Balaban J connectivity index is 2.09. The van der Waals surface area contributed by atoms with Crippen LogP contribution in [-0.2, 0) is 0 Å². The molecule has 3 heteroatoms. The molecule has 0 radical (unpaired) electrons. The minimum Gasteiger partial charge on any atom is -0.307 e. The highest BCUT2D eigenvalue weighted by atomic mass is 32.1. The van der Waals surface area contributed by atoms with Gasteiger partial charge in [-0.05, 0) is 58.0 Å². The zero-order valence-electron chi connectivity index (χ0n) is 16.3. The summed E-state index contributed by atoms with van der Waals surface area (Å²) >= 11 is 3.61. The van der Waals surface area contributed by atoms with E-state index in [0.29, 0.717) is 11.8 Å². The van der Waals surface area contributed by atoms with Gasteiger partial charge >= 0.3 is 0 Å². The van der Waals surface area contributed by atoms with Crippen LogP contribution in [0.3, 0.4) is 0 Å². The van der Waals surface area contributed by atoms with Crippen molar-refractivity contribution in [2.75, 3.05) is 0 Å². The zero-order valence-corrected chi connectivity index (χ0v) is 17.9. The molecule has 0 spiro atoms. The van der Waals surface area contributed by atoms with Crippen molar-refractivity contribution in [2.24, 2.45) is 0 Å². The normalized spacial score (nSPS) is 11.6. The molecule has 4 rings (SSSR count). The van der Waals surface area contributed by atoms with E-state index in [1.807, 2.05) is 0 Å². The van der Waals surface area contributed by atoms with E-state index in [9.17, 15) is 0 Å². The Morgan fingerprint density at radius 1 is 0.630 bits per heavy atom. The van der Waals surface area contributed by atoms with Crippen molar-refractivity contribution in [1.29, 1.82) is 0 Å². The van der Waals surface area contributed by atoms with E-state index in [1.165, 1.54) is 38.0 Å². The van der Waals surface area contributed by atoms with Crippen molar-refractivity contribution in [3.05, 3.63) is 76.5 Å². The van der Waals surface area contributed by atoms with Gasteiger partial charge in [0.15, 0.2) is 0 Å². The van der Waals surface area contributed by atoms with Crippen LogP contribution in [0.15, 0.2) is 65.4 Å². The highest BCUT2D eigenvalue weighted by Crippen LogP contribution is 2.40. The van der Waals surface area contributed by atoms with Gasteiger partial charge < -0.3 is 4.57 Å². The number of thiophene rings is 2. The molecule has 0 fully saturated rings. The van der Waals surface area contributed by atoms with E-state index in [-0.39, 0.29) is 0 Å². The summed E-state index contributed by atoms with van der Waals surface area (Å²) in [6, 6.07) is 20.1. The monoisotopic (exact) mass is 391 g/mol. The third kappa shape index (κ3) is 3.30. The van der Waals surface area contributed by atoms with Crippen LogP contribution in [0.1, 0.15) is 50.7 Å². The molecular formula is C24H25NS2. The molecule has 0 saturated carbocycles. The Morgan fingerprint density at radius 2 is 1.11 bits per heavy atom. The first kappa shape index (κ1) is 18.3. The lowest BCUT2D eigenvalue weighted by molar-refractivity contribution is 0.809. The second-order valence-corrected chi connectivity index (χ2v) is 9.38. The number of para-hydroxylation sites is 1. The van der Waals surface area contributed by atoms with E-state index in [2.05, 4.69) is 97.6 Å². The molecule has 0 atom stereocenters. The second-order valence-electron chi connectivity index (χ2n) is 7.49. The molecule has 0 aliphatic heterocycles. The Labute approximate surface area is 169 Å². The predicted molar refractivity (Wildman–Crippen MR) is 121 cm³/mol. The Morgan fingerprint density at radius 3 is 1.48 bits per heavy atom. The van der Waals surface area contributed by atoms with E-state index in [4.69, 9.17) is 0 Å². The fourth-order valence-electron chi connectivity index (χ4n) is 3.68. The minimum absolute atomic E-state index is 0.466. The summed E-state index contributed by atoms with van der Waals surface area (Å²) < 4.78 is 2.50. The van der Waals surface area contributed by atoms with Gasteiger partial charge in [0.05, 0.1) is 26.8 Å². The van der Waals surface area contributed by atoms with Crippen molar-refractivity contribution in [1.82, 2.24) is 4.57 Å². The maximum atomic E-state index is 2.50. The molecule has 27 heavy (non-hydrogen) atoms. The van der Waals surface area contributed by atoms with Crippen LogP contribution in [0.2, 0.25) is 0 Å². The molecule has 1 aromatic carbocycles. The number of rotatable bonds is 5. The van der Waals surface area contributed by atoms with Crippen LogP contribution in [0.4, 0.5) is 0 Å². The Hall–Kier alpha value is -2.10. The average Bonchev–Trinajstić information content (AvgIpc) is 3.40. The van der Waals surface area contributed by atoms with Crippen LogP contribution in [0.25, 0.3) is 26.8 Å². The number of benzene rings is 1. The summed E-state index contributed by atoms with van der Waals surface area (Å²) in [6.07, 6.45) is 0. The number of nitrogens with zero attached hydrogens (tertiary/aromatic N) is 1. The predicted octanol–water partition coefficient (Wildman–Crippen LogP) is 8.18. The molecular weight excluding hydrogens is 366 g/mol. The van der Waals surface area contributed by atoms with Crippen LogP contribution < -0.4 is 0 Å². The van der Waals surface area contributed by atoms with Crippen molar-refractivity contribution in [3.8, 4) is 26.8 Å². The number of hydrogen-bond donors (Lipinski definition) is 0. The third-order valence-electron chi connectivity index (χ3n) is 4.99. The van der Waals surface area contributed by atoms with Crippen LogP contribution >= 0.6 is 22.7 Å². The summed E-state index contributed by atoms with van der Waals surface area (Å²) in [5.74, 6) is 0.932. The van der Waals surface area contributed by atoms with Crippen LogP contribution in [-0.4, -0.2) is 4.57 Å². The van der Waals surface area contributed by atoms with Crippen LogP contribution in [0.5, 0.6) is 0 Å². The van der Waals surface area contributed by atoms with Gasteiger partial charge in [-0.2, -0.15) is 0 Å². The highest BCUT2D eigenvalue weighted by Gasteiger charge is 2.22. The maximum Gasteiger partial charge on any atom is 0.0635 e. The fourth-order valence-corrected chi connectivity index (χ4v) is 5.16. The van der Waals surface area contributed by atoms with Crippen molar-refractivity contribution in [3.63, 3.8) is 0 Å². The first-order chi connectivity index (χ1) is 13.1. The lowest BCUT2D eigenvalue weighted by atomic mass is 9.92. The van der Waals surface area contributed by atoms with Crippen molar-refractivity contribution in [2.45, 2.75) is 39.5 Å². The van der Waals surface area contributed by atoms with Crippen molar-refractivity contribution < 1.29 is 0 Å². The van der Waals surface area contributed by atoms with Gasteiger partial charge in [0.25, 0.3) is 0 Å². The Kier molecular flexibility index (Phi) is 5.07. The molecule has 0 N–H and O–H groups in total. The van der Waals surface area contributed by atoms with Gasteiger partial charge in [-0.1, -0.05) is 58.0 Å². The molecule has 1 nitrogen and oxygen atoms in total. The summed E-state index contributed by atoms with van der Waals surface area (Å²) in [5, 5.41) is 4.32. The zero-order chi connectivity index (χ0) is 19.0. The molecule has 3 aromatic heterocycles. The number of hydrogen-bond acceptors (Lipinski definition) is 2. The molecule has 138 valence electrons. The largest absolute Gasteiger partial charge is 0.307 e. The molecule has 0 saturated heterocycles. The first-order valence-electron chi connectivity index (χ1n) is 9.50. The van der Waals surface area contributed by atoms with Gasteiger partial charge in [-0.15, -0.1) is 22.7 Å². The maximum absolute atomic E-state index is 2.50. The summed E-state index contributed by atoms with van der Waals surface area (Å²) in [5.41, 5.74) is 6.74. The molecule has 0 unspecified atom stereocenters. The minimum atomic E-state index is 0.466. The molecule has 0 bridgehead atoms. The van der Waals surface area contributed by atoms with E-state index < -0.39 is 0 Å². The van der Waals surface area contributed by atoms with Gasteiger partial charge in [-0.25, -0.2) is 0 Å². The standard InChI is InChI=1S/C24H25NS2/c1-16(2)18-8-5-9-19(17(3)4)24(18)25-20(22-10-6-14-26-22)12-13-21(25)23-11-7-15-27-23/h5-17H,1-4H3. The second kappa shape index (κ2) is 7.49. The topological polar surface area (TPSA) is 4.93 Å². The molecule has 0 aliphatic carbocycles. The van der Waals surface area contributed by atoms with E-state index in [0.717, 1.165) is 0 Å². The van der Waals surface area contributed by atoms with Crippen LogP contribution in [0, 0.1) is 0 Å². The van der Waals surface area contributed by atoms with E-state index in [1.54, 1.807) is 22.7 Å². The summed E-state index contributed by atoms with van der Waals surface area (Å²) in [4.78, 5) is 2.62. The molecule has 4 aromatic rings. The third-order valence-corrected chi connectivity index (χ3v) is 6.78. The Bertz CT molecular complexity index is 941. The van der Waals surface area contributed by atoms with Gasteiger partial charge in [0, 0.05) is 0 Å². The smallest absolute Gasteiger partial charge is 0.0635 e. The lowest BCUT2D eigenvalue weighted by Gasteiger charge is -2.24. The quantitative estimate of drug-likeness (QED) is 0.323. The SMILES string of the molecule is CC(C)c1cccc(C(C)C)c1-n1c(-c2cccs2)ccc1-c1cccs1. The van der Waals surface area contributed by atoms with Gasteiger partial charge in [-0.3, -0.25) is 0 Å². The summed E-state index contributed by atoms with van der Waals surface area (Å²) in [6.45, 7) is 9.17. The molecule has 3 heterocycles. The fraction of sp³-hybridized carbons (Fsp3) is 0.250. The van der Waals surface area contributed by atoms with Gasteiger partial charge in [0.1, 0.15) is 0 Å². The first-order valence-corrected chi connectivity index (χ1v) is 11.3. The van der Waals surface area contributed by atoms with Crippen molar-refractivity contribution >= 4 is 22.7 Å². The summed E-state index contributed by atoms with van der Waals surface area (Å²) in [7, 11) is 0. The van der Waals surface area contributed by atoms with E-state index >= 15 is 0 Å². The molecule has 0 aliphatic rings. The van der Waals surface area contributed by atoms with Gasteiger partial charge in [0.2, 0.25) is 0 Å². The average molecular weight is 392 g/mol. The number of aromatic nitrogens is 1.